The summed E-state index contributed by atoms with van der Waals surface area (Å²) in [6, 6.07) is 6.83. The number of likely N-dealkylation sites (N-methyl/N-ethyl adjacent to an activating group) is 1. The van der Waals surface area contributed by atoms with E-state index in [0.29, 0.717) is 10.7 Å². The molecule has 1 rings (SSSR count). The molecule has 0 aliphatic carbocycles. The monoisotopic (exact) mass is 283 g/mol. The van der Waals surface area contributed by atoms with E-state index in [-0.39, 0.29) is 30.8 Å². The first-order valence-electron chi connectivity index (χ1n) is 5.94. The van der Waals surface area contributed by atoms with Crippen molar-refractivity contribution < 1.29 is 9.59 Å². The van der Waals surface area contributed by atoms with Crippen molar-refractivity contribution in [1.82, 2.24) is 4.90 Å². The average Bonchev–Trinajstić information content (AvgIpc) is 2.36. The van der Waals surface area contributed by atoms with Crippen LogP contribution in [0.1, 0.15) is 6.92 Å². The summed E-state index contributed by atoms with van der Waals surface area (Å²) in [5.41, 5.74) is 6.02. The van der Waals surface area contributed by atoms with Crippen molar-refractivity contribution >= 4 is 29.1 Å². The maximum Gasteiger partial charge on any atom is 0.243 e. The van der Waals surface area contributed by atoms with Gasteiger partial charge in [0, 0.05) is 30.2 Å². The molecule has 19 heavy (non-hydrogen) atoms. The number of carbonyl (C=O) groups is 2. The summed E-state index contributed by atoms with van der Waals surface area (Å²) in [5.74, 6) is -0.713. The van der Waals surface area contributed by atoms with Gasteiger partial charge < -0.3 is 16.0 Å². The van der Waals surface area contributed by atoms with Crippen LogP contribution in [0.3, 0.4) is 0 Å². The van der Waals surface area contributed by atoms with Crippen LogP contribution in [0.2, 0.25) is 5.02 Å². The van der Waals surface area contributed by atoms with Crippen molar-refractivity contribution in [3.8, 4) is 0 Å². The molecule has 0 fully saturated rings. The number of nitrogens with two attached hydrogens (primary N) is 1. The smallest absolute Gasteiger partial charge is 0.243 e. The molecular weight excluding hydrogens is 266 g/mol. The quantitative estimate of drug-likeness (QED) is 0.856. The Morgan fingerprint density at radius 1 is 1.47 bits per heavy atom. The molecular formula is C13H18ClN3O2. The molecule has 3 N–H and O–H groups in total. The molecule has 0 aromatic heterocycles. The summed E-state index contributed by atoms with van der Waals surface area (Å²) >= 11 is 5.82. The molecule has 0 spiro atoms. The van der Waals surface area contributed by atoms with Crippen LogP contribution in [0.4, 0.5) is 5.69 Å². The first-order chi connectivity index (χ1) is 8.93. The molecule has 1 aromatic carbocycles. The highest BCUT2D eigenvalue weighted by Crippen LogP contribution is 2.14. The third-order valence-corrected chi connectivity index (χ3v) is 2.88. The summed E-state index contributed by atoms with van der Waals surface area (Å²) in [6.07, 6.45) is 0. The normalized spacial score (nSPS) is 11.8. The highest BCUT2D eigenvalue weighted by atomic mass is 35.5. The van der Waals surface area contributed by atoms with Gasteiger partial charge in [-0.3, -0.25) is 9.59 Å². The van der Waals surface area contributed by atoms with Crippen LogP contribution >= 0.6 is 11.6 Å². The number of hydrogen-bond donors (Lipinski definition) is 2. The summed E-state index contributed by atoms with van der Waals surface area (Å²) in [6.45, 7) is 1.97. The number of rotatable bonds is 5. The molecule has 0 aliphatic rings. The van der Waals surface area contributed by atoms with E-state index in [9.17, 15) is 9.59 Å². The number of anilines is 1. The van der Waals surface area contributed by atoms with Crippen LogP contribution in [0.5, 0.6) is 0 Å². The van der Waals surface area contributed by atoms with E-state index in [2.05, 4.69) is 5.32 Å². The van der Waals surface area contributed by atoms with E-state index >= 15 is 0 Å². The van der Waals surface area contributed by atoms with Crippen LogP contribution in [0, 0.1) is 5.92 Å². The minimum Gasteiger partial charge on any atom is -0.336 e. The van der Waals surface area contributed by atoms with Crippen LogP contribution in [0.15, 0.2) is 24.3 Å². The van der Waals surface area contributed by atoms with Gasteiger partial charge in [-0.2, -0.15) is 0 Å². The largest absolute Gasteiger partial charge is 0.336 e. The summed E-state index contributed by atoms with van der Waals surface area (Å²) in [4.78, 5) is 24.9. The van der Waals surface area contributed by atoms with Gasteiger partial charge in [0.25, 0.3) is 0 Å². The van der Waals surface area contributed by atoms with E-state index in [1.807, 2.05) is 0 Å². The number of carbonyl (C=O) groups excluding carboxylic acids is 2. The molecule has 1 aromatic rings. The predicted octanol–water partition coefficient (Wildman–Crippen LogP) is 1.33. The van der Waals surface area contributed by atoms with Crippen LogP contribution in [0.25, 0.3) is 0 Å². The van der Waals surface area contributed by atoms with Crippen molar-refractivity contribution in [2.75, 3.05) is 25.5 Å². The van der Waals surface area contributed by atoms with Crippen molar-refractivity contribution in [1.29, 1.82) is 0 Å². The molecule has 104 valence electrons. The third-order valence-electron chi connectivity index (χ3n) is 2.64. The van der Waals surface area contributed by atoms with E-state index < -0.39 is 0 Å². The second-order valence-corrected chi connectivity index (χ2v) is 4.83. The lowest BCUT2D eigenvalue weighted by molar-refractivity contribution is -0.136. The van der Waals surface area contributed by atoms with Gasteiger partial charge >= 0.3 is 0 Å². The van der Waals surface area contributed by atoms with Crippen LogP contribution in [-0.2, 0) is 9.59 Å². The Labute approximate surface area is 117 Å². The van der Waals surface area contributed by atoms with E-state index in [4.69, 9.17) is 17.3 Å². The van der Waals surface area contributed by atoms with Gasteiger partial charge in [0.05, 0.1) is 6.54 Å². The van der Waals surface area contributed by atoms with E-state index in [1.165, 1.54) is 4.90 Å². The zero-order valence-electron chi connectivity index (χ0n) is 11.0. The summed E-state index contributed by atoms with van der Waals surface area (Å²) < 4.78 is 0. The minimum absolute atomic E-state index is 0.0182. The maximum absolute atomic E-state index is 11.8. The molecule has 0 radical (unpaired) electrons. The zero-order valence-corrected chi connectivity index (χ0v) is 11.8. The predicted molar refractivity (Wildman–Crippen MR) is 75.9 cm³/mol. The fourth-order valence-electron chi connectivity index (χ4n) is 1.54. The van der Waals surface area contributed by atoms with Gasteiger partial charge in [0.1, 0.15) is 0 Å². The molecule has 5 nitrogen and oxygen atoms in total. The lowest BCUT2D eigenvalue weighted by atomic mass is 10.1. The Balaban J connectivity index is 2.54. The SMILES string of the molecule is CC(CN)C(=O)N(C)CC(=O)Nc1cccc(Cl)c1. The second-order valence-electron chi connectivity index (χ2n) is 4.39. The highest BCUT2D eigenvalue weighted by Gasteiger charge is 2.18. The van der Waals surface area contributed by atoms with Crippen LogP contribution < -0.4 is 11.1 Å². The fraction of sp³-hybridized carbons (Fsp3) is 0.385. The molecule has 1 unspecified atom stereocenters. The van der Waals surface area contributed by atoms with Gasteiger partial charge in [-0.05, 0) is 18.2 Å². The first-order valence-corrected chi connectivity index (χ1v) is 6.32. The zero-order chi connectivity index (χ0) is 14.4. The number of hydrogen-bond acceptors (Lipinski definition) is 3. The number of benzene rings is 1. The average molecular weight is 284 g/mol. The van der Waals surface area contributed by atoms with Gasteiger partial charge in [0.15, 0.2) is 0 Å². The standard InChI is InChI=1S/C13H18ClN3O2/c1-9(7-15)13(19)17(2)8-12(18)16-11-5-3-4-10(14)6-11/h3-6,9H,7-8,15H2,1-2H3,(H,16,18). The van der Waals surface area contributed by atoms with Crippen molar-refractivity contribution in [2.45, 2.75) is 6.92 Å². The van der Waals surface area contributed by atoms with E-state index in [0.717, 1.165) is 0 Å². The van der Waals surface area contributed by atoms with Gasteiger partial charge in [-0.25, -0.2) is 0 Å². The number of amides is 2. The summed E-state index contributed by atoms with van der Waals surface area (Å²) in [7, 11) is 1.58. The molecule has 0 bridgehead atoms. The minimum atomic E-state index is -0.288. The molecule has 0 saturated heterocycles. The van der Waals surface area contributed by atoms with Gasteiger partial charge in [-0.15, -0.1) is 0 Å². The molecule has 0 saturated carbocycles. The fourth-order valence-corrected chi connectivity index (χ4v) is 1.73. The number of nitrogens with zero attached hydrogens (tertiary/aromatic N) is 1. The Morgan fingerprint density at radius 3 is 2.74 bits per heavy atom. The highest BCUT2D eigenvalue weighted by molar-refractivity contribution is 6.30. The number of halogens is 1. The van der Waals surface area contributed by atoms with E-state index in [1.54, 1.807) is 38.2 Å². The Hall–Kier alpha value is -1.59. The first kappa shape index (κ1) is 15.5. The van der Waals surface area contributed by atoms with Crippen molar-refractivity contribution in [3.05, 3.63) is 29.3 Å². The lowest BCUT2D eigenvalue weighted by Crippen LogP contribution is -2.39. The Bertz CT molecular complexity index is 465. The molecule has 1 atom stereocenters. The Kier molecular flexibility index (Phi) is 5.79. The van der Waals surface area contributed by atoms with Crippen molar-refractivity contribution in [3.63, 3.8) is 0 Å². The third kappa shape index (κ3) is 4.89. The molecule has 0 heterocycles. The second kappa shape index (κ2) is 7.11. The molecule has 2 amide bonds. The van der Waals surface area contributed by atoms with Gasteiger partial charge in [0.2, 0.25) is 11.8 Å². The maximum atomic E-state index is 11.8. The van der Waals surface area contributed by atoms with Crippen LogP contribution in [-0.4, -0.2) is 36.9 Å². The van der Waals surface area contributed by atoms with Gasteiger partial charge in [-0.1, -0.05) is 24.6 Å². The van der Waals surface area contributed by atoms with Crippen molar-refractivity contribution in [2.24, 2.45) is 11.7 Å². The number of nitrogens with one attached hydrogen (secondary N) is 1. The molecule has 6 heteroatoms. The topological polar surface area (TPSA) is 75.4 Å². The summed E-state index contributed by atoms with van der Waals surface area (Å²) in [5, 5.41) is 3.22. The lowest BCUT2D eigenvalue weighted by Gasteiger charge is -2.20. The molecule has 0 aliphatic heterocycles. The Morgan fingerprint density at radius 2 is 2.16 bits per heavy atom.